The predicted molar refractivity (Wildman–Crippen MR) is 75.4 cm³/mol. The van der Waals surface area contributed by atoms with Crippen LogP contribution in [0.5, 0.6) is 5.75 Å². The molecule has 0 bridgehead atoms. The van der Waals surface area contributed by atoms with E-state index in [0.29, 0.717) is 36.8 Å². The van der Waals surface area contributed by atoms with Gasteiger partial charge >= 0.3 is 0 Å². The number of hydrogen-bond donors (Lipinski definition) is 2. The van der Waals surface area contributed by atoms with Crippen molar-refractivity contribution in [2.75, 3.05) is 32.6 Å². The quantitative estimate of drug-likeness (QED) is 0.445. The zero-order chi connectivity index (χ0) is 14.3. The van der Waals surface area contributed by atoms with Gasteiger partial charge in [0.1, 0.15) is 0 Å². The second-order valence-electron chi connectivity index (χ2n) is 4.19. The highest BCUT2D eigenvalue weighted by atomic mass is 16.5. The summed E-state index contributed by atoms with van der Waals surface area (Å²) in [7, 11) is 1.48. The molecule has 0 atom stereocenters. The summed E-state index contributed by atoms with van der Waals surface area (Å²) in [4.78, 5) is 12.0. The van der Waals surface area contributed by atoms with Crippen molar-refractivity contribution in [2.24, 2.45) is 0 Å². The number of para-hydroxylation sites is 1. The molecule has 0 saturated carbocycles. The molecule has 1 aromatic carbocycles. The lowest BCUT2D eigenvalue weighted by molar-refractivity contribution is 0.0924. The van der Waals surface area contributed by atoms with Crippen LogP contribution in [0.4, 0.5) is 5.69 Å². The minimum atomic E-state index is -0.233. The van der Waals surface area contributed by atoms with Crippen LogP contribution >= 0.6 is 0 Å². The smallest absolute Gasteiger partial charge is 0.255 e. The summed E-state index contributed by atoms with van der Waals surface area (Å²) in [5.41, 5.74) is 7.55. The Bertz CT molecular complexity index is 458. The third-order valence-corrected chi connectivity index (χ3v) is 2.37. The van der Waals surface area contributed by atoms with Crippen LogP contribution in [0.1, 0.15) is 17.3 Å². The van der Waals surface area contributed by atoms with Gasteiger partial charge in [0.2, 0.25) is 0 Å². The molecule has 104 valence electrons. The fraction of sp³-hybridized carbons (Fsp3) is 0.357. The van der Waals surface area contributed by atoms with Gasteiger partial charge in [-0.1, -0.05) is 18.2 Å². The third-order valence-electron chi connectivity index (χ3n) is 2.37. The number of rotatable bonds is 7. The standard InChI is InChI=1S/C14H20N2O3/c1-10(2)9-19-8-7-16-14(17)11-5-4-6-12(15)13(11)18-3/h4-6H,1,7-9,15H2,2-3H3,(H,16,17). The SMILES string of the molecule is C=C(C)COCCNC(=O)c1cccc(N)c1OC. The molecular weight excluding hydrogens is 244 g/mol. The third kappa shape index (κ3) is 4.63. The van der Waals surface area contributed by atoms with Crippen molar-refractivity contribution in [2.45, 2.75) is 6.92 Å². The highest BCUT2D eigenvalue weighted by Crippen LogP contribution is 2.25. The average Bonchev–Trinajstić information content (AvgIpc) is 2.37. The first kappa shape index (κ1) is 15.0. The number of amides is 1. The van der Waals surface area contributed by atoms with Crippen LogP contribution in [0.25, 0.3) is 0 Å². The number of nitrogens with two attached hydrogens (primary N) is 1. The summed E-state index contributed by atoms with van der Waals surface area (Å²) in [6.07, 6.45) is 0. The molecule has 0 spiro atoms. The van der Waals surface area contributed by atoms with E-state index in [-0.39, 0.29) is 5.91 Å². The van der Waals surface area contributed by atoms with E-state index in [4.69, 9.17) is 15.2 Å². The Labute approximate surface area is 113 Å². The molecule has 1 aromatic rings. The van der Waals surface area contributed by atoms with Crippen molar-refractivity contribution in [3.63, 3.8) is 0 Å². The summed E-state index contributed by atoms with van der Waals surface area (Å²) in [6, 6.07) is 5.06. The molecule has 1 rings (SSSR count). The maximum absolute atomic E-state index is 12.0. The highest BCUT2D eigenvalue weighted by Gasteiger charge is 2.13. The van der Waals surface area contributed by atoms with Crippen molar-refractivity contribution in [1.29, 1.82) is 0 Å². The van der Waals surface area contributed by atoms with Crippen LogP contribution in [0.2, 0.25) is 0 Å². The van der Waals surface area contributed by atoms with Gasteiger partial charge < -0.3 is 20.5 Å². The van der Waals surface area contributed by atoms with Gasteiger partial charge in [-0.05, 0) is 19.1 Å². The second-order valence-corrected chi connectivity index (χ2v) is 4.19. The minimum absolute atomic E-state index is 0.233. The molecule has 5 heteroatoms. The van der Waals surface area contributed by atoms with E-state index >= 15 is 0 Å². The molecule has 5 nitrogen and oxygen atoms in total. The van der Waals surface area contributed by atoms with Gasteiger partial charge in [0.15, 0.2) is 5.75 Å². The Morgan fingerprint density at radius 2 is 2.21 bits per heavy atom. The molecule has 0 aromatic heterocycles. The molecule has 3 N–H and O–H groups in total. The largest absolute Gasteiger partial charge is 0.494 e. The number of carbonyl (C=O) groups is 1. The molecule has 0 heterocycles. The van der Waals surface area contributed by atoms with Gasteiger partial charge in [0.05, 0.1) is 31.6 Å². The van der Waals surface area contributed by atoms with Crippen LogP contribution in [0.3, 0.4) is 0 Å². The van der Waals surface area contributed by atoms with Gasteiger partial charge in [-0.2, -0.15) is 0 Å². The summed E-state index contributed by atoms with van der Waals surface area (Å²) in [5, 5.41) is 2.75. The molecule has 0 unspecified atom stereocenters. The molecule has 19 heavy (non-hydrogen) atoms. The number of nitrogen functional groups attached to an aromatic ring is 1. The van der Waals surface area contributed by atoms with Crippen molar-refractivity contribution in [1.82, 2.24) is 5.32 Å². The Morgan fingerprint density at radius 1 is 1.47 bits per heavy atom. The predicted octanol–water partition coefficient (Wildman–Crippen LogP) is 1.60. The summed E-state index contributed by atoms with van der Waals surface area (Å²) in [5.74, 6) is 0.158. The maximum Gasteiger partial charge on any atom is 0.255 e. The average molecular weight is 264 g/mol. The summed E-state index contributed by atoms with van der Waals surface area (Å²) >= 11 is 0. The molecular formula is C14H20N2O3. The molecule has 1 amide bonds. The van der Waals surface area contributed by atoms with E-state index < -0.39 is 0 Å². The first-order valence-corrected chi connectivity index (χ1v) is 5.99. The van der Waals surface area contributed by atoms with E-state index in [0.717, 1.165) is 5.57 Å². The highest BCUT2D eigenvalue weighted by molar-refractivity contribution is 5.98. The van der Waals surface area contributed by atoms with E-state index in [9.17, 15) is 4.79 Å². The molecule has 0 fully saturated rings. The first-order valence-electron chi connectivity index (χ1n) is 5.99. The van der Waals surface area contributed by atoms with Crippen LogP contribution in [-0.4, -0.2) is 32.8 Å². The molecule has 0 saturated heterocycles. The van der Waals surface area contributed by atoms with E-state index in [1.807, 2.05) is 6.92 Å². The Morgan fingerprint density at radius 3 is 2.84 bits per heavy atom. The Hall–Kier alpha value is -2.01. The first-order chi connectivity index (χ1) is 9.06. The number of benzene rings is 1. The fourth-order valence-electron chi connectivity index (χ4n) is 1.54. The second kappa shape index (κ2) is 7.43. The lowest BCUT2D eigenvalue weighted by Gasteiger charge is -2.11. The fourth-order valence-corrected chi connectivity index (χ4v) is 1.54. The topological polar surface area (TPSA) is 73.6 Å². The number of ether oxygens (including phenoxy) is 2. The van der Waals surface area contributed by atoms with Crippen molar-refractivity contribution >= 4 is 11.6 Å². The summed E-state index contributed by atoms with van der Waals surface area (Å²) in [6.45, 7) is 6.96. The Balaban J connectivity index is 2.50. The number of methoxy groups -OCH3 is 1. The van der Waals surface area contributed by atoms with Crippen LogP contribution in [0, 0.1) is 0 Å². The number of carbonyl (C=O) groups excluding carboxylic acids is 1. The zero-order valence-corrected chi connectivity index (χ0v) is 11.4. The lowest BCUT2D eigenvalue weighted by Crippen LogP contribution is -2.28. The maximum atomic E-state index is 12.0. The van der Waals surface area contributed by atoms with Crippen LogP contribution < -0.4 is 15.8 Å². The monoisotopic (exact) mass is 264 g/mol. The van der Waals surface area contributed by atoms with Crippen LogP contribution in [0.15, 0.2) is 30.4 Å². The zero-order valence-electron chi connectivity index (χ0n) is 11.4. The van der Waals surface area contributed by atoms with E-state index in [2.05, 4.69) is 11.9 Å². The van der Waals surface area contributed by atoms with Crippen molar-refractivity contribution in [3.8, 4) is 5.75 Å². The number of nitrogens with one attached hydrogen (secondary N) is 1. The molecule has 0 aliphatic carbocycles. The molecule has 0 radical (unpaired) electrons. The molecule has 0 aliphatic rings. The van der Waals surface area contributed by atoms with Gasteiger partial charge in [0.25, 0.3) is 5.91 Å². The van der Waals surface area contributed by atoms with Gasteiger partial charge in [0, 0.05) is 6.54 Å². The number of anilines is 1. The van der Waals surface area contributed by atoms with Crippen molar-refractivity contribution in [3.05, 3.63) is 35.9 Å². The number of hydrogen-bond acceptors (Lipinski definition) is 4. The van der Waals surface area contributed by atoms with E-state index in [1.165, 1.54) is 7.11 Å². The van der Waals surface area contributed by atoms with Crippen molar-refractivity contribution < 1.29 is 14.3 Å². The van der Waals surface area contributed by atoms with Gasteiger partial charge in [-0.3, -0.25) is 4.79 Å². The normalized spacial score (nSPS) is 10.0. The van der Waals surface area contributed by atoms with Crippen LogP contribution in [-0.2, 0) is 4.74 Å². The summed E-state index contributed by atoms with van der Waals surface area (Å²) < 4.78 is 10.4. The van der Waals surface area contributed by atoms with Gasteiger partial charge in [-0.15, -0.1) is 0 Å². The van der Waals surface area contributed by atoms with Gasteiger partial charge in [-0.25, -0.2) is 0 Å². The lowest BCUT2D eigenvalue weighted by atomic mass is 10.1. The Kier molecular flexibility index (Phi) is 5.89. The molecule has 0 aliphatic heterocycles. The minimum Gasteiger partial charge on any atom is -0.494 e. The van der Waals surface area contributed by atoms with E-state index in [1.54, 1.807) is 18.2 Å².